The Hall–Kier alpha value is -1.17. The molecule has 1 aromatic rings. The molecule has 0 aliphatic carbocycles. The van der Waals surface area contributed by atoms with E-state index in [1.807, 2.05) is 0 Å². The molecule has 0 unspecified atom stereocenters. The highest BCUT2D eigenvalue weighted by Crippen LogP contribution is 2.24. The summed E-state index contributed by atoms with van der Waals surface area (Å²) >= 11 is 0. The highest BCUT2D eigenvalue weighted by molar-refractivity contribution is 5.18. The van der Waals surface area contributed by atoms with Crippen LogP contribution in [0.1, 0.15) is 12.1 Å². The summed E-state index contributed by atoms with van der Waals surface area (Å²) in [6.45, 7) is 0.788. The monoisotopic (exact) mass is 189 g/mol. The number of hydrogen-bond acceptors (Lipinski definition) is 3. The Morgan fingerprint density at radius 2 is 2.46 bits per heavy atom. The maximum Gasteiger partial charge on any atom is 0.282 e. The van der Waals surface area contributed by atoms with E-state index >= 15 is 0 Å². The number of hydrogen-bond donors (Lipinski definition) is 1. The molecule has 0 amide bonds. The van der Waals surface area contributed by atoms with Crippen LogP contribution in [-0.2, 0) is 6.54 Å². The van der Waals surface area contributed by atoms with Crippen molar-refractivity contribution < 1.29 is 13.5 Å². The zero-order chi connectivity index (χ0) is 9.42. The summed E-state index contributed by atoms with van der Waals surface area (Å²) < 4.78 is 30.9. The van der Waals surface area contributed by atoms with Crippen LogP contribution in [0.15, 0.2) is 6.07 Å². The smallest absolute Gasteiger partial charge is 0.282 e. The molecule has 2 N–H and O–H groups in total. The van der Waals surface area contributed by atoms with Gasteiger partial charge >= 0.3 is 0 Å². The number of nitrogens with zero attached hydrogens (tertiary/aromatic N) is 2. The minimum Gasteiger partial charge on any atom is -0.476 e. The van der Waals surface area contributed by atoms with Crippen LogP contribution in [0.5, 0.6) is 5.88 Å². The summed E-state index contributed by atoms with van der Waals surface area (Å²) in [4.78, 5) is 0. The third kappa shape index (κ3) is 1.49. The molecule has 1 aliphatic rings. The average Bonchev–Trinajstić information content (AvgIpc) is 2.46. The van der Waals surface area contributed by atoms with Crippen LogP contribution >= 0.6 is 0 Å². The predicted octanol–water partition coefficient (Wildman–Crippen LogP) is 0.540. The molecule has 0 radical (unpaired) electrons. The lowest BCUT2D eigenvalue weighted by Crippen LogP contribution is -2.37. The van der Waals surface area contributed by atoms with Gasteiger partial charge in [0.05, 0.1) is 12.6 Å². The van der Waals surface area contributed by atoms with Crippen molar-refractivity contribution in [1.29, 1.82) is 0 Å². The number of ether oxygens (including phenoxy) is 1. The zero-order valence-corrected chi connectivity index (χ0v) is 6.78. The maximum atomic E-state index is 12.2. The van der Waals surface area contributed by atoms with Crippen LogP contribution in [-0.4, -0.2) is 22.4 Å². The third-order valence-electron chi connectivity index (χ3n) is 1.84. The molecule has 0 saturated carbocycles. The quantitative estimate of drug-likeness (QED) is 0.701. The third-order valence-corrected chi connectivity index (χ3v) is 1.84. The molecule has 0 fully saturated rings. The molecule has 1 atom stereocenters. The van der Waals surface area contributed by atoms with Gasteiger partial charge in [0, 0.05) is 6.07 Å². The largest absolute Gasteiger partial charge is 0.476 e. The summed E-state index contributed by atoms with van der Waals surface area (Å²) in [6.07, 6.45) is -2.56. The Balaban J connectivity index is 2.28. The van der Waals surface area contributed by atoms with E-state index in [4.69, 9.17) is 10.5 Å². The van der Waals surface area contributed by atoms with Crippen molar-refractivity contribution in [2.45, 2.75) is 19.0 Å². The number of fused-ring (bicyclic) bond motifs is 1. The van der Waals surface area contributed by atoms with Gasteiger partial charge in [0.25, 0.3) is 6.43 Å². The van der Waals surface area contributed by atoms with Crippen LogP contribution < -0.4 is 10.5 Å². The second-order valence-corrected chi connectivity index (χ2v) is 2.96. The first-order valence-corrected chi connectivity index (χ1v) is 3.91. The predicted molar refractivity (Wildman–Crippen MR) is 40.7 cm³/mol. The number of halogens is 2. The van der Waals surface area contributed by atoms with Crippen LogP contribution in [0.4, 0.5) is 8.78 Å². The summed E-state index contributed by atoms with van der Waals surface area (Å²) in [5, 5.41) is 3.66. The lowest BCUT2D eigenvalue weighted by Gasteiger charge is -2.20. The van der Waals surface area contributed by atoms with Gasteiger partial charge in [-0.2, -0.15) is 5.10 Å². The first-order valence-electron chi connectivity index (χ1n) is 3.91. The fourth-order valence-electron chi connectivity index (χ4n) is 1.24. The highest BCUT2D eigenvalue weighted by Gasteiger charge is 2.21. The minimum atomic E-state index is -2.56. The summed E-state index contributed by atoms with van der Waals surface area (Å²) in [6, 6.07) is 1.08. The normalized spacial score (nSPS) is 21.4. The van der Waals surface area contributed by atoms with Gasteiger partial charge < -0.3 is 10.5 Å². The molecular formula is C7H9F2N3O. The van der Waals surface area contributed by atoms with Crippen molar-refractivity contribution in [1.82, 2.24) is 9.78 Å². The fraction of sp³-hybridized carbons (Fsp3) is 0.571. The highest BCUT2D eigenvalue weighted by atomic mass is 19.3. The van der Waals surface area contributed by atoms with Crippen molar-refractivity contribution in [3.05, 3.63) is 11.8 Å². The van der Waals surface area contributed by atoms with Crippen molar-refractivity contribution >= 4 is 0 Å². The second kappa shape index (κ2) is 2.95. The van der Waals surface area contributed by atoms with Gasteiger partial charge in [-0.15, -0.1) is 0 Å². The summed E-state index contributed by atoms with van der Waals surface area (Å²) in [7, 11) is 0. The maximum absolute atomic E-state index is 12.2. The Morgan fingerprint density at radius 3 is 3.15 bits per heavy atom. The Labute approximate surface area is 73.3 Å². The molecule has 0 spiro atoms. The second-order valence-electron chi connectivity index (χ2n) is 2.96. The van der Waals surface area contributed by atoms with E-state index in [0.29, 0.717) is 19.0 Å². The molecule has 2 heterocycles. The minimum absolute atomic E-state index is 0.169. The lowest BCUT2D eigenvalue weighted by atomic mass is 10.3. The first-order chi connectivity index (χ1) is 6.16. The number of rotatable bonds is 1. The molecular weight excluding hydrogens is 180 g/mol. The van der Waals surface area contributed by atoms with Gasteiger partial charge in [-0.1, -0.05) is 0 Å². The topological polar surface area (TPSA) is 53.1 Å². The van der Waals surface area contributed by atoms with Crippen molar-refractivity contribution in [2.75, 3.05) is 6.61 Å². The van der Waals surface area contributed by atoms with Gasteiger partial charge in [0.2, 0.25) is 5.88 Å². The van der Waals surface area contributed by atoms with Gasteiger partial charge in [0.1, 0.15) is 12.3 Å². The number of nitrogens with two attached hydrogens (primary N) is 1. The van der Waals surface area contributed by atoms with Crippen molar-refractivity contribution in [3.8, 4) is 5.88 Å². The number of aromatic nitrogens is 2. The molecule has 1 aliphatic heterocycles. The van der Waals surface area contributed by atoms with Gasteiger partial charge in [-0.3, -0.25) is 0 Å². The standard InChI is InChI=1S/C7H9F2N3O/c8-7(9)5-1-6-12(11-5)2-4(10)3-13-6/h1,4,7H,2-3,10H2/t4-/m0/s1. The Kier molecular flexibility index (Phi) is 1.91. The average molecular weight is 189 g/mol. The SMILES string of the molecule is N[C@@H]1COc2cc(C(F)F)nn2C1. The van der Waals surface area contributed by atoms with E-state index in [1.54, 1.807) is 0 Å². The zero-order valence-electron chi connectivity index (χ0n) is 6.78. The van der Waals surface area contributed by atoms with Crippen molar-refractivity contribution in [2.24, 2.45) is 5.73 Å². The van der Waals surface area contributed by atoms with Crippen molar-refractivity contribution in [3.63, 3.8) is 0 Å². The van der Waals surface area contributed by atoms with E-state index in [1.165, 1.54) is 10.7 Å². The summed E-state index contributed by atoms with van der Waals surface area (Å²) in [5.74, 6) is 0.372. The van der Waals surface area contributed by atoms with E-state index in [2.05, 4.69) is 5.10 Å². The van der Waals surface area contributed by atoms with E-state index in [-0.39, 0.29) is 11.7 Å². The van der Waals surface area contributed by atoms with Gasteiger partial charge in [-0.05, 0) is 0 Å². The molecule has 0 bridgehead atoms. The lowest BCUT2D eigenvalue weighted by molar-refractivity contribution is 0.144. The summed E-state index contributed by atoms with van der Waals surface area (Å²) in [5.41, 5.74) is 5.30. The van der Waals surface area contributed by atoms with Crippen LogP contribution in [0.25, 0.3) is 0 Å². The Bertz CT molecular complexity index is 313. The molecule has 0 aromatic carbocycles. The fourth-order valence-corrected chi connectivity index (χ4v) is 1.24. The molecule has 0 saturated heterocycles. The van der Waals surface area contributed by atoms with Gasteiger partial charge in [-0.25, -0.2) is 13.5 Å². The molecule has 2 rings (SSSR count). The first kappa shape index (κ1) is 8.43. The molecule has 13 heavy (non-hydrogen) atoms. The van der Waals surface area contributed by atoms with Crippen LogP contribution in [0, 0.1) is 0 Å². The molecule has 6 heteroatoms. The Morgan fingerprint density at radius 1 is 1.69 bits per heavy atom. The van der Waals surface area contributed by atoms with Gasteiger partial charge in [0.15, 0.2) is 0 Å². The molecule has 4 nitrogen and oxygen atoms in total. The van der Waals surface area contributed by atoms with E-state index < -0.39 is 6.43 Å². The molecule has 1 aromatic heterocycles. The van der Waals surface area contributed by atoms with E-state index in [0.717, 1.165) is 0 Å². The van der Waals surface area contributed by atoms with Crippen LogP contribution in [0.3, 0.4) is 0 Å². The number of alkyl halides is 2. The van der Waals surface area contributed by atoms with E-state index in [9.17, 15) is 8.78 Å². The van der Waals surface area contributed by atoms with Crippen LogP contribution in [0.2, 0.25) is 0 Å². The molecule has 72 valence electrons.